The number of piperazine rings is 1. The average Bonchev–Trinajstić information content (AvgIpc) is 3.26. The Kier molecular flexibility index (Phi) is 4.66. The van der Waals surface area contributed by atoms with Crippen molar-refractivity contribution in [1.82, 2.24) is 30.5 Å². The molecule has 0 aromatic rings. The topological polar surface area (TPSA) is 37.0 Å². The van der Waals surface area contributed by atoms with Gasteiger partial charge in [0.15, 0.2) is 0 Å². The molecule has 1 atom stereocenters. The molecule has 22 heavy (non-hydrogen) atoms. The highest BCUT2D eigenvalue weighted by Crippen LogP contribution is 2.33. The summed E-state index contributed by atoms with van der Waals surface area (Å²) in [7, 11) is 0. The Hall–Kier alpha value is -0.240. The second-order valence-corrected chi connectivity index (χ2v) is 7.13. The minimum atomic E-state index is -0.0335. The van der Waals surface area contributed by atoms with E-state index in [0.717, 1.165) is 39.3 Å². The van der Waals surface area contributed by atoms with Gasteiger partial charge in [-0.15, -0.1) is 0 Å². The van der Waals surface area contributed by atoms with Crippen molar-refractivity contribution in [2.24, 2.45) is 0 Å². The van der Waals surface area contributed by atoms with Crippen LogP contribution in [0.3, 0.4) is 0 Å². The highest BCUT2D eigenvalue weighted by atomic mass is 15.8. The molecule has 0 saturated carbocycles. The quantitative estimate of drug-likeness (QED) is 0.759. The molecule has 4 aliphatic rings. The molecule has 4 aliphatic heterocycles. The van der Waals surface area contributed by atoms with Crippen molar-refractivity contribution < 1.29 is 0 Å². The molecule has 0 aromatic heterocycles. The second-order valence-electron chi connectivity index (χ2n) is 7.13. The van der Waals surface area contributed by atoms with Crippen LogP contribution in [0.25, 0.3) is 0 Å². The van der Waals surface area contributed by atoms with Gasteiger partial charge in [0.05, 0.1) is 0 Å². The molecule has 0 aliphatic carbocycles. The van der Waals surface area contributed by atoms with Crippen LogP contribution in [0.15, 0.2) is 0 Å². The first kappa shape index (κ1) is 15.3. The summed E-state index contributed by atoms with van der Waals surface area (Å²) in [5.41, 5.74) is 0. The number of likely N-dealkylation sites (tertiary alicyclic amines) is 2. The lowest BCUT2D eigenvalue weighted by molar-refractivity contribution is -0.239. The number of hydrazine groups is 1. The molecule has 0 bridgehead atoms. The van der Waals surface area contributed by atoms with Crippen LogP contribution in [-0.2, 0) is 0 Å². The third-order valence-electron chi connectivity index (χ3n) is 5.82. The van der Waals surface area contributed by atoms with Gasteiger partial charge in [-0.3, -0.25) is 15.1 Å². The first-order valence-corrected chi connectivity index (χ1v) is 9.40. The Balaban J connectivity index is 1.62. The summed E-state index contributed by atoms with van der Waals surface area (Å²) >= 11 is 0. The van der Waals surface area contributed by atoms with Gasteiger partial charge >= 0.3 is 0 Å². The van der Waals surface area contributed by atoms with Crippen molar-refractivity contribution in [3.63, 3.8) is 0 Å². The van der Waals surface area contributed by atoms with E-state index in [0.29, 0.717) is 0 Å². The summed E-state index contributed by atoms with van der Waals surface area (Å²) in [4.78, 5) is 5.48. The van der Waals surface area contributed by atoms with Gasteiger partial charge in [-0.2, -0.15) is 5.01 Å². The van der Waals surface area contributed by atoms with E-state index in [2.05, 4.69) is 30.5 Å². The van der Waals surface area contributed by atoms with Crippen molar-refractivity contribution >= 4 is 0 Å². The lowest BCUT2D eigenvalue weighted by Gasteiger charge is -2.55. The third kappa shape index (κ3) is 2.60. The van der Waals surface area contributed by atoms with E-state index < -0.39 is 0 Å². The number of hydrogen-bond acceptors (Lipinski definition) is 6. The first-order chi connectivity index (χ1) is 10.9. The van der Waals surface area contributed by atoms with Crippen LogP contribution in [0.2, 0.25) is 0 Å². The SMILES string of the molecule is C1CCN(C2(N3CCCC3)NCCN2N2CCNCC2)CC1. The van der Waals surface area contributed by atoms with Crippen LogP contribution in [-0.4, -0.2) is 91.2 Å². The fourth-order valence-electron chi connectivity index (χ4n) is 4.79. The Bertz CT molecular complexity index is 360. The molecule has 4 rings (SSSR count). The van der Waals surface area contributed by atoms with E-state index in [1.54, 1.807) is 0 Å². The maximum atomic E-state index is 3.94. The molecule has 4 fully saturated rings. The van der Waals surface area contributed by atoms with E-state index in [1.165, 1.54) is 58.3 Å². The summed E-state index contributed by atoms with van der Waals surface area (Å²) in [6.45, 7) is 11.7. The van der Waals surface area contributed by atoms with Gasteiger partial charge in [-0.05, 0) is 25.7 Å². The highest BCUT2D eigenvalue weighted by Gasteiger charge is 2.53. The van der Waals surface area contributed by atoms with Gasteiger partial charge in [-0.25, -0.2) is 5.01 Å². The maximum absolute atomic E-state index is 3.94. The minimum absolute atomic E-state index is 0.0335. The summed E-state index contributed by atoms with van der Waals surface area (Å²) in [6, 6.07) is 0. The molecular weight excluding hydrogens is 276 g/mol. The van der Waals surface area contributed by atoms with E-state index in [4.69, 9.17) is 0 Å². The molecule has 4 heterocycles. The van der Waals surface area contributed by atoms with Gasteiger partial charge in [0.1, 0.15) is 0 Å². The zero-order valence-electron chi connectivity index (χ0n) is 13.9. The van der Waals surface area contributed by atoms with Crippen molar-refractivity contribution in [1.29, 1.82) is 0 Å². The molecule has 2 N–H and O–H groups in total. The van der Waals surface area contributed by atoms with Gasteiger partial charge in [0.2, 0.25) is 5.91 Å². The molecule has 0 amide bonds. The largest absolute Gasteiger partial charge is 0.314 e. The smallest absolute Gasteiger partial charge is 0.202 e. The Morgan fingerprint density at radius 3 is 1.82 bits per heavy atom. The van der Waals surface area contributed by atoms with E-state index in [9.17, 15) is 0 Å². The molecule has 6 nitrogen and oxygen atoms in total. The number of nitrogens with one attached hydrogen (secondary N) is 2. The normalized spacial score (nSPS) is 37.1. The lowest BCUT2D eigenvalue weighted by atomic mass is 10.1. The number of hydrogen-bond donors (Lipinski definition) is 2. The summed E-state index contributed by atoms with van der Waals surface area (Å²) < 4.78 is 0. The molecule has 0 aromatic carbocycles. The van der Waals surface area contributed by atoms with Crippen molar-refractivity contribution in [2.45, 2.75) is 38.0 Å². The number of nitrogens with zero attached hydrogens (tertiary/aromatic N) is 4. The Labute approximate surface area is 134 Å². The van der Waals surface area contributed by atoms with Crippen molar-refractivity contribution in [3.8, 4) is 0 Å². The molecule has 4 saturated heterocycles. The Morgan fingerprint density at radius 1 is 0.591 bits per heavy atom. The van der Waals surface area contributed by atoms with Crippen LogP contribution in [0.5, 0.6) is 0 Å². The number of rotatable bonds is 3. The zero-order chi connectivity index (χ0) is 14.8. The van der Waals surface area contributed by atoms with Crippen molar-refractivity contribution in [2.75, 3.05) is 65.4 Å². The number of piperidine rings is 1. The van der Waals surface area contributed by atoms with E-state index in [1.807, 2.05) is 0 Å². The van der Waals surface area contributed by atoms with Crippen LogP contribution >= 0.6 is 0 Å². The van der Waals surface area contributed by atoms with Crippen molar-refractivity contribution in [3.05, 3.63) is 0 Å². The maximum Gasteiger partial charge on any atom is 0.202 e. The summed E-state index contributed by atoms with van der Waals surface area (Å²) in [5.74, 6) is -0.0335. The molecule has 126 valence electrons. The van der Waals surface area contributed by atoms with Crippen LogP contribution in [0.1, 0.15) is 32.1 Å². The molecule has 6 heteroatoms. The average molecular weight is 308 g/mol. The summed E-state index contributed by atoms with van der Waals surface area (Å²) in [6.07, 6.45) is 6.82. The molecule has 0 radical (unpaired) electrons. The second kappa shape index (κ2) is 6.71. The fourth-order valence-corrected chi connectivity index (χ4v) is 4.79. The Morgan fingerprint density at radius 2 is 1.18 bits per heavy atom. The van der Waals surface area contributed by atoms with Gasteiger partial charge in [0, 0.05) is 65.4 Å². The summed E-state index contributed by atoms with van der Waals surface area (Å²) in [5, 5.41) is 12.7. The third-order valence-corrected chi connectivity index (χ3v) is 5.82. The standard InChI is InChI=1S/C16H32N6/c1-2-9-19(10-3-1)16(20-11-4-5-12-20)18-8-15-22(16)21-13-6-17-7-14-21/h17-18H,1-15H2. The van der Waals surface area contributed by atoms with Gasteiger partial charge in [-0.1, -0.05) is 6.42 Å². The monoisotopic (exact) mass is 308 g/mol. The molecular formula is C16H32N6. The first-order valence-electron chi connectivity index (χ1n) is 9.40. The van der Waals surface area contributed by atoms with Crippen LogP contribution in [0, 0.1) is 0 Å². The fraction of sp³-hybridized carbons (Fsp3) is 1.00. The van der Waals surface area contributed by atoms with E-state index in [-0.39, 0.29) is 5.91 Å². The predicted molar refractivity (Wildman–Crippen MR) is 88.1 cm³/mol. The zero-order valence-corrected chi connectivity index (χ0v) is 13.9. The highest BCUT2D eigenvalue weighted by molar-refractivity contribution is 4.96. The molecule has 0 spiro atoms. The predicted octanol–water partition coefficient (Wildman–Crippen LogP) is -0.0952. The molecule has 1 unspecified atom stereocenters. The minimum Gasteiger partial charge on any atom is -0.314 e. The lowest BCUT2D eigenvalue weighted by Crippen LogP contribution is -2.76. The van der Waals surface area contributed by atoms with Crippen LogP contribution < -0.4 is 10.6 Å². The van der Waals surface area contributed by atoms with Gasteiger partial charge in [0.25, 0.3) is 0 Å². The van der Waals surface area contributed by atoms with Gasteiger partial charge < -0.3 is 5.32 Å². The van der Waals surface area contributed by atoms with Crippen LogP contribution in [0.4, 0.5) is 0 Å². The van der Waals surface area contributed by atoms with E-state index >= 15 is 0 Å².